The zero-order valence-corrected chi connectivity index (χ0v) is 17.4. The van der Waals surface area contributed by atoms with E-state index in [9.17, 15) is 9.59 Å². The first-order valence-electron chi connectivity index (χ1n) is 10.8. The van der Waals surface area contributed by atoms with Crippen molar-refractivity contribution in [3.05, 3.63) is 78.0 Å². The van der Waals surface area contributed by atoms with Gasteiger partial charge in [-0.25, -0.2) is 4.79 Å². The predicted molar refractivity (Wildman–Crippen MR) is 118 cm³/mol. The van der Waals surface area contributed by atoms with Crippen LogP contribution in [0.3, 0.4) is 0 Å². The molecule has 0 radical (unpaired) electrons. The van der Waals surface area contributed by atoms with E-state index in [1.807, 2.05) is 65.6 Å². The minimum absolute atomic E-state index is 0.0149. The molecule has 1 spiro atoms. The fourth-order valence-electron chi connectivity index (χ4n) is 4.71. The summed E-state index contributed by atoms with van der Waals surface area (Å²) in [6, 6.07) is 19.4. The minimum Gasteiger partial charge on any atom is -0.441 e. The maximum Gasteiger partial charge on any atom is 0.410 e. The van der Waals surface area contributed by atoms with Crippen LogP contribution in [0.15, 0.2) is 66.9 Å². The molecule has 5 rings (SSSR count). The van der Waals surface area contributed by atoms with Crippen LogP contribution in [0.5, 0.6) is 0 Å². The van der Waals surface area contributed by atoms with Gasteiger partial charge in [0.25, 0.3) is 5.91 Å². The molecule has 1 aromatic heterocycles. The van der Waals surface area contributed by atoms with Gasteiger partial charge in [-0.2, -0.15) is 0 Å². The van der Waals surface area contributed by atoms with E-state index in [2.05, 4.69) is 4.98 Å². The molecular weight excluding hydrogens is 390 g/mol. The van der Waals surface area contributed by atoms with E-state index in [1.165, 1.54) is 0 Å². The predicted octanol–water partition coefficient (Wildman–Crippen LogP) is 4.25. The molecular formula is C25H25N3O3. The molecule has 2 amide bonds. The Bertz CT molecular complexity index is 1110. The fourth-order valence-corrected chi connectivity index (χ4v) is 4.71. The lowest BCUT2D eigenvalue weighted by Crippen LogP contribution is -2.37. The highest BCUT2D eigenvalue weighted by molar-refractivity contribution is 6.06. The van der Waals surface area contributed by atoms with Crippen molar-refractivity contribution in [1.82, 2.24) is 14.8 Å². The molecule has 2 aliphatic rings. The Hall–Kier alpha value is -3.41. The van der Waals surface area contributed by atoms with E-state index in [0.717, 1.165) is 29.3 Å². The van der Waals surface area contributed by atoms with Gasteiger partial charge in [-0.3, -0.25) is 14.7 Å². The second-order valence-electron chi connectivity index (χ2n) is 8.41. The molecule has 0 saturated carbocycles. The van der Waals surface area contributed by atoms with Crippen LogP contribution in [-0.2, 0) is 11.3 Å². The van der Waals surface area contributed by atoms with E-state index in [1.54, 1.807) is 11.1 Å². The summed E-state index contributed by atoms with van der Waals surface area (Å²) in [6.45, 7) is 2.35. The summed E-state index contributed by atoms with van der Waals surface area (Å²) in [5.41, 5.74) is 2.07. The molecule has 2 aliphatic heterocycles. The number of amides is 2. The number of carbonyl (C=O) groups excluding carboxylic acids is 2. The summed E-state index contributed by atoms with van der Waals surface area (Å²) in [6.07, 6.45) is 3.70. The molecule has 3 heterocycles. The van der Waals surface area contributed by atoms with Crippen LogP contribution >= 0.6 is 0 Å². The second-order valence-corrected chi connectivity index (χ2v) is 8.41. The van der Waals surface area contributed by atoms with Crippen LogP contribution in [0.25, 0.3) is 10.9 Å². The van der Waals surface area contributed by atoms with E-state index in [0.29, 0.717) is 38.2 Å². The molecule has 6 heteroatoms. The number of likely N-dealkylation sites (tertiary alicyclic amines) is 1. The van der Waals surface area contributed by atoms with Gasteiger partial charge in [0.1, 0.15) is 5.60 Å². The lowest BCUT2D eigenvalue weighted by molar-refractivity contribution is 0.0439. The molecule has 2 fully saturated rings. The summed E-state index contributed by atoms with van der Waals surface area (Å²) in [7, 11) is 0. The largest absolute Gasteiger partial charge is 0.441 e. The monoisotopic (exact) mass is 415 g/mol. The second kappa shape index (κ2) is 8.02. The molecule has 1 unspecified atom stereocenters. The minimum atomic E-state index is -0.513. The molecule has 158 valence electrons. The third kappa shape index (κ3) is 3.85. The zero-order chi connectivity index (χ0) is 21.3. The van der Waals surface area contributed by atoms with Crippen LogP contribution in [0.1, 0.15) is 35.2 Å². The normalized spacial score (nSPS) is 21.4. The average Bonchev–Trinajstić information content (AvgIpc) is 2.96. The van der Waals surface area contributed by atoms with Gasteiger partial charge in [-0.05, 0) is 36.6 Å². The van der Waals surface area contributed by atoms with E-state index >= 15 is 0 Å². The topological polar surface area (TPSA) is 62.7 Å². The third-order valence-electron chi connectivity index (χ3n) is 6.32. The first kappa shape index (κ1) is 19.5. The number of pyridine rings is 1. The van der Waals surface area contributed by atoms with Crippen molar-refractivity contribution in [3.63, 3.8) is 0 Å². The van der Waals surface area contributed by atoms with Gasteiger partial charge in [-0.1, -0.05) is 42.5 Å². The van der Waals surface area contributed by atoms with Crippen molar-refractivity contribution in [1.29, 1.82) is 0 Å². The number of rotatable bonds is 3. The van der Waals surface area contributed by atoms with E-state index < -0.39 is 5.60 Å². The molecule has 2 saturated heterocycles. The quantitative estimate of drug-likeness (QED) is 0.642. The molecule has 6 nitrogen and oxygen atoms in total. The fraction of sp³-hybridized carbons (Fsp3) is 0.320. The highest BCUT2D eigenvalue weighted by atomic mass is 16.6. The Morgan fingerprint density at radius 2 is 1.87 bits per heavy atom. The van der Waals surface area contributed by atoms with Gasteiger partial charge < -0.3 is 9.64 Å². The van der Waals surface area contributed by atoms with Crippen molar-refractivity contribution < 1.29 is 14.3 Å². The number of aromatic nitrogens is 1. The highest BCUT2D eigenvalue weighted by Crippen LogP contribution is 2.34. The van der Waals surface area contributed by atoms with Gasteiger partial charge in [0.2, 0.25) is 0 Å². The molecule has 2 aromatic carbocycles. The smallest absolute Gasteiger partial charge is 0.410 e. The standard InChI is InChI=1S/C25H25N3O3/c29-23(21-9-4-11-22-20(21)10-5-14-26-22)27-15-6-12-25(13-16-27)18-28(24(30)31-25)17-19-7-2-1-3-8-19/h1-5,7-11,14H,6,12-13,15-18H2. The van der Waals surface area contributed by atoms with Crippen molar-refractivity contribution in [2.45, 2.75) is 31.4 Å². The maximum atomic E-state index is 13.3. The van der Waals surface area contributed by atoms with E-state index in [-0.39, 0.29) is 12.0 Å². The Balaban J connectivity index is 1.30. The van der Waals surface area contributed by atoms with Crippen LogP contribution in [0.2, 0.25) is 0 Å². The number of hydrogen-bond donors (Lipinski definition) is 0. The summed E-state index contributed by atoms with van der Waals surface area (Å²) < 4.78 is 5.90. The van der Waals surface area contributed by atoms with Gasteiger partial charge >= 0.3 is 6.09 Å². The van der Waals surface area contributed by atoms with Crippen LogP contribution < -0.4 is 0 Å². The number of hydrogen-bond acceptors (Lipinski definition) is 4. The van der Waals surface area contributed by atoms with Crippen LogP contribution in [0.4, 0.5) is 4.79 Å². The van der Waals surface area contributed by atoms with Crippen molar-refractivity contribution >= 4 is 22.9 Å². The molecule has 0 N–H and O–H groups in total. The first-order valence-corrected chi connectivity index (χ1v) is 10.8. The molecule has 3 aromatic rings. The number of fused-ring (bicyclic) bond motifs is 1. The summed E-state index contributed by atoms with van der Waals surface area (Å²) in [5, 5.41) is 0.871. The van der Waals surface area contributed by atoms with Gasteiger partial charge in [0.15, 0.2) is 0 Å². The van der Waals surface area contributed by atoms with Crippen LogP contribution in [-0.4, -0.2) is 52.0 Å². The van der Waals surface area contributed by atoms with E-state index in [4.69, 9.17) is 4.74 Å². The Kier molecular flexibility index (Phi) is 5.06. The number of ether oxygens (including phenoxy) is 1. The summed E-state index contributed by atoms with van der Waals surface area (Å²) in [5.74, 6) is 0.0149. The summed E-state index contributed by atoms with van der Waals surface area (Å²) >= 11 is 0. The molecule has 31 heavy (non-hydrogen) atoms. The SMILES string of the molecule is O=C1OC2(CCCN(C(=O)c3cccc4ncccc34)CC2)CN1Cc1ccccc1. The number of benzene rings is 2. The Labute approximate surface area is 181 Å². The molecule has 0 aliphatic carbocycles. The number of carbonyl (C=O) groups is 2. The zero-order valence-electron chi connectivity index (χ0n) is 17.4. The van der Waals surface area contributed by atoms with Crippen molar-refractivity contribution in [2.75, 3.05) is 19.6 Å². The lowest BCUT2D eigenvalue weighted by Gasteiger charge is -2.26. The van der Waals surface area contributed by atoms with Crippen molar-refractivity contribution in [2.24, 2.45) is 0 Å². The Morgan fingerprint density at radius 1 is 1.00 bits per heavy atom. The third-order valence-corrected chi connectivity index (χ3v) is 6.32. The molecule has 1 atom stereocenters. The average molecular weight is 415 g/mol. The molecule has 0 bridgehead atoms. The van der Waals surface area contributed by atoms with Crippen LogP contribution in [0, 0.1) is 0 Å². The van der Waals surface area contributed by atoms with Gasteiger partial charge in [0.05, 0.1) is 12.1 Å². The maximum absolute atomic E-state index is 13.3. The lowest BCUT2D eigenvalue weighted by atomic mass is 9.95. The highest BCUT2D eigenvalue weighted by Gasteiger charge is 2.46. The Morgan fingerprint density at radius 3 is 2.74 bits per heavy atom. The summed E-state index contributed by atoms with van der Waals surface area (Å²) in [4.78, 5) is 33.9. The number of nitrogens with zero attached hydrogens (tertiary/aromatic N) is 3. The van der Waals surface area contributed by atoms with Gasteiger partial charge in [0, 0.05) is 43.2 Å². The van der Waals surface area contributed by atoms with Crippen molar-refractivity contribution in [3.8, 4) is 0 Å². The van der Waals surface area contributed by atoms with Gasteiger partial charge in [-0.15, -0.1) is 0 Å². The first-order chi connectivity index (χ1) is 15.1.